The summed E-state index contributed by atoms with van der Waals surface area (Å²) >= 11 is 0. The van der Waals surface area contributed by atoms with E-state index in [4.69, 9.17) is 0 Å². The van der Waals surface area contributed by atoms with E-state index in [1.165, 1.54) is 0 Å². The van der Waals surface area contributed by atoms with Crippen LogP contribution in [0.15, 0.2) is 24.4 Å². The molecule has 2 N–H and O–H groups in total. The third-order valence-corrected chi connectivity index (χ3v) is 3.54. The van der Waals surface area contributed by atoms with Gasteiger partial charge >= 0.3 is 6.18 Å². The van der Waals surface area contributed by atoms with Crippen molar-refractivity contribution >= 4 is 10.9 Å². The SMILES string of the molecule is FC(F)(F)c1c[nH]c2ccc(C3CCNC3)cc12. The quantitative estimate of drug-likeness (QED) is 0.803. The van der Waals surface area contributed by atoms with Crippen LogP contribution >= 0.6 is 0 Å². The number of hydrogen-bond donors (Lipinski definition) is 2. The molecule has 0 spiro atoms. The Morgan fingerprint density at radius 1 is 1.22 bits per heavy atom. The summed E-state index contributed by atoms with van der Waals surface area (Å²) in [6.07, 6.45) is -2.27. The van der Waals surface area contributed by atoms with Gasteiger partial charge in [0.15, 0.2) is 0 Å². The Morgan fingerprint density at radius 3 is 2.72 bits per heavy atom. The number of benzene rings is 1. The van der Waals surface area contributed by atoms with Crippen molar-refractivity contribution in [1.29, 1.82) is 0 Å². The highest BCUT2D eigenvalue weighted by atomic mass is 19.4. The molecule has 2 heterocycles. The van der Waals surface area contributed by atoms with E-state index in [0.717, 1.165) is 31.3 Å². The first-order valence-corrected chi connectivity index (χ1v) is 5.94. The van der Waals surface area contributed by atoms with Gasteiger partial charge in [-0.1, -0.05) is 6.07 Å². The minimum Gasteiger partial charge on any atom is -0.361 e. The predicted molar refractivity (Wildman–Crippen MR) is 63.5 cm³/mol. The smallest absolute Gasteiger partial charge is 0.361 e. The summed E-state index contributed by atoms with van der Waals surface area (Å²) < 4.78 is 38.5. The largest absolute Gasteiger partial charge is 0.418 e. The van der Waals surface area contributed by atoms with Gasteiger partial charge in [0.1, 0.15) is 0 Å². The van der Waals surface area contributed by atoms with Gasteiger partial charge in [0.2, 0.25) is 0 Å². The summed E-state index contributed by atoms with van der Waals surface area (Å²) in [6.45, 7) is 1.78. The van der Waals surface area contributed by atoms with Gasteiger partial charge in [-0.15, -0.1) is 0 Å². The molecule has 0 bridgehead atoms. The van der Waals surface area contributed by atoms with Gasteiger partial charge in [-0.3, -0.25) is 0 Å². The molecule has 18 heavy (non-hydrogen) atoms. The molecule has 0 saturated carbocycles. The lowest BCUT2D eigenvalue weighted by molar-refractivity contribution is -0.136. The van der Waals surface area contributed by atoms with Crippen molar-refractivity contribution in [3.05, 3.63) is 35.5 Å². The fourth-order valence-electron chi connectivity index (χ4n) is 2.57. The third kappa shape index (κ3) is 1.88. The van der Waals surface area contributed by atoms with Gasteiger partial charge in [0.25, 0.3) is 0 Å². The third-order valence-electron chi connectivity index (χ3n) is 3.54. The van der Waals surface area contributed by atoms with Gasteiger partial charge in [-0.25, -0.2) is 0 Å². The minimum atomic E-state index is -4.30. The first-order valence-electron chi connectivity index (χ1n) is 5.94. The van der Waals surface area contributed by atoms with Crippen LogP contribution < -0.4 is 5.32 Å². The second-order valence-corrected chi connectivity index (χ2v) is 4.69. The lowest BCUT2D eigenvalue weighted by Gasteiger charge is -2.10. The molecule has 0 aliphatic carbocycles. The van der Waals surface area contributed by atoms with Crippen LogP contribution in [-0.4, -0.2) is 18.1 Å². The van der Waals surface area contributed by atoms with Crippen LogP contribution in [0, 0.1) is 0 Å². The Labute approximate surface area is 102 Å². The number of H-pyrrole nitrogens is 1. The normalized spacial score (nSPS) is 20.7. The van der Waals surface area contributed by atoms with E-state index in [-0.39, 0.29) is 5.39 Å². The number of halogens is 3. The molecule has 1 unspecified atom stereocenters. The summed E-state index contributed by atoms with van der Waals surface area (Å²) in [6, 6.07) is 5.32. The molecule has 0 radical (unpaired) electrons. The Bertz CT molecular complexity index is 565. The van der Waals surface area contributed by atoms with Crippen LogP contribution in [-0.2, 0) is 6.18 Å². The molecule has 3 rings (SSSR count). The van der Waals surface area contributed by atoms with E-state index in [2.05, 4.69) is 10.3 Å². The topological polar surface area (TPSA) is 27.8 Å². The Hall–Kier alpha value is -1.49. The molecule has 2 nitrogen and oxygen atoms in total. The summed E-state index contributed by atoms with van der Waals surface area (Å²) in [5.41, 5.74) is 0.944. The first-order chi connectivity index (χ1) is 8.55. The van der Waals surface area contributed by atoms with Crippen molar-refractivity contribution in [3.63, 3.8) is 0 Å². The molecule has 1 aromatic carbocycles. The number of alkyl halides is 3. The Morgan fingerprint density at radius 2 is 2.06 bits per heavy atom. The second-order valence-electron chi connectivity index (χ2n) is 4.69. The van der Waals surface area contributed by atoms with E-state index in [9.17, 15) is 13.2 Å². The fourth-order valence-corrected chi connectivity index (χ4v) is 2.57. The van der Waals surface area contributed by atoms with Gasteiger partial charge in [0, 0.05) is 23.6 Å². The number of rotatable bonds is 1. The maximum absolute atomic E-state index is 12.8. The zero-order chi connectivity index (χ0) is 12.8. The first kappa shape index (κ1) is 11.6. The van der Waals surface area contributed by atoms with Crippen LogP contribution in [0.3, 0.4) is 0 Å². The van der Waals surface area contributed by atoms with Crippen molar-refractivity contribution in [1.82, 2.24) is 10.3 Å². The summed E-state index contributed by atoms with van der Waals surface area (Å²) in [7, 11) is 0. The molecule has 1 atom stereocenters. The molecule has 0 amide bonds. The Kier molecular flexibility index (Phi) is 2.59. The summed E-state index contributed by atoms with van der Waals surface area (Å²) in [4.78, 5) is 2.68. The lowest BCUT2D eigenvalue weighted by Crippen LogP contribution is -2.08. The van der Waals surface area contributed by atoms with Crippen molar-refractivity contribution in [2.45, 2.75) is 18.5 Å². The fraction of sp³-hybridized carbons (Fsp3) is 0.385. The van der Waals surface area contributed by atoms with Crippen molar-refractivity contribution in [3.8, 4) is 0 Å². The van der Waals surface area contributed by atoms with Crippen LogP contribution in [0.5, 0.6) is 0 Å². The molecule has 96 valence electrons. The van der Waals surface area contributed by atoms with Crippen LogP contribution in [0.25, 0.3) is 10.9 Å². The highest BCUT2D eigenvalue weighted by molar-refractivity contribution is 5.84. The van der Waals surface area contributed by atoms with E-state index in [0.29, 0.717) is 11.4 Å². The van der Waals surface area contributed by atoms with E-state index in [1.807, 2.05) is 6.07 Å². The molecule has 1 aromatic heterocycles. The van der Waals surface area contributed by atoms with Gasteiger partial charge in [-0.05, 0) is 36.6 Å². The highest BCUT2D eigenvalue weighted by Gasteiger charge is 2.33. The van der Waals surface area contributed by atoms with Gasteiger partial charge in [-0.2, -0.15) is 13.2 Å². The molecular formula is C13H13F3N2. The lowest BCUT2D eigenvalue weighted by atomic mass is 9.96. The molecule has 1 saturated heterocycles. The number of aromatic amines is 1. The average molecular weight is 254 g/mol. The number of hydrogen-bond acceptors (Lipinski definition) is 1. The monoisotopic (exact) mass is 254 g/mol. The molecule has 1 aliphatic heterocycles. The van der Waals surface area contributed by atoms with Gasteiger partial charge < -0.3 is 10.3 Å². The van der Waals surface area contributed by atoms with Crippen LogP contribution in [0.1, 0.15) is 23.5 Å². The van der Waals surface area contributed by atoms with Crippen LogP contribution in [0.4, 0.5) is 13.2 Å². The molecule has 1 fully saturated rings. The van der Waals surface area contributed by atoms with E-state index in [1.54, 1.807) is 12.1 Å². The second kappa shape index (κ2) is 4.02. The maximum atomic E-state index is 12.8. The van der Waals surface area contributed by atoms with Crippen molar-refractivity contribution in [2.24, 2.45) is 0 Å². The standard InChI is InChI=1S/C13H13F3N2/c14-13(15,16)11-7-18-12-2-1-8(5-10(11)12)9-3-4-17-6-9/h1-2,5,7,9,17-18H,3-4,6H2. The van der Waals surface area contributed by atoms with Crippen LogP contribution in [0.2, 0.25) is 0 Å². The number of aromatic nitrogens is 1. The van der Waals surface area contributed by atoms with E-state index < -0.39 is 11.7 Å². The Balaban J connectivity index is 2.09. The highest BCUT2D eigenvalue weighted by Crippen LogP contribution is 2.36. The van der Waals surface area contributed by atoms with Crippen molar-refractivity contribution in [2.75, 3.05) is 13.1 Å². The average Bonchev–Trinajstić information content (AvgIpc) is 2.96. The minimum absolute atomic E-state index is 0.270. The zero-order valence-corrected chi connectivity index (χ0v) is 9.64. The van der Waals surface area contributed by atoms with E-state index >= 15 is 0 Å². The van der Waals surface area contributed by atoms with Gasteiger partial charge in [0.05, 0.1) is 5.56 Å². The van der Waals surface area contributed by atoms with Crippen molar-refractivity contribution < 1.29 is 13.2 Å². The summed E-state index contributed by atoms with van der Waals surface area (Å²) in [5.74, 6) is 0.324. The molecular weight excluding hydrogens is 241 g/mol. The summed E-state index contributed by atoms with van der Waals surface area (Å²) in [5, 5.41) is 3.50. The zero-order valence-electron chi connectivity index (χ0n) is 9.64. The molecule has 5 heteroatoms. The molecule has 1 aliphatic rings. The number of fused-ring (bicyclic) bond motifs is 1. The number of nitrogens with one attached hydrogen (secondary N) is 2. The maximum Gasteiger partial charge on any atom is 0.418 e. The molecule has 2 aromatic rings. The predicted octanol–water partition coefficient (Wildman–Crippen LogP) is 3.26.